The number of thioether (sulfide) groups is 1. The van der Waals surface area contributed by atoms with Crippen molar-refractivity contribution < 1.29 is 4.79 Å². The molecule has 0 aliphatic rings. The molecule has 1 aromatic carbocycles. The summed E-state index contributed by atoms with van der Waals surface area (Å²) in [6.07, 6.45) is 0. The van der Waals surface area contributed by atoms with Crippen molar-refractivity contribution in [2.75, 3.05) is 5.75 Å². The van der Waals surface area contributed by atoms with E-state index in [1.165, 1.54) is 11.8 Å². The molecule has 4 nitrogen and oxygen atoms in total. The zero-order valence-corrected chi connectivity index (χ0v) is 10.6. The first-order chi connectivity index (χ1) is 8.18. The SMILES string of the molecule is CC(=O)CSc1nnc(-c2ccccc2)n1C. The van der Waals surface area contributed by atoms with Gasteiger partial charge < -0.3 is 4.57 Å². The summed E-state index contributed by atoms with van der Waals surface area (Å²) in [6, 6.07) is 9.87. The van der Waals surface area contributed by atoms with E-state index >= 15 is 0 Å². The Kier molecular flexibility index (Phi) is 3.58. The van der Waals surface area contributed by atoms with Gasteiger partial charge in [0.25, 0.3) is 0 Å². The van der Waals surface area contributed by atoms with Crippen LogP contribution in [0.3, 0.4) is 0 Å². The van der Waals surface area contributed by atoms with Crippen LogP contribution in [0.25, 0.3) is 11.4 Å². The van der Waals surface area contributed by atoms with Gasteiger partial charge in [-0.2, -0.15) is 0 Å². The van der Waals surface area contributed by atoms with Crippen LogP contribution in [0.5, 0.6) is 0 Å². The maximum Gasteiger partial charge on any atom is 0.191 e. The molecule has 0 saturated heterocycles. The predicted molar refractivity (Wildman–Crippen MR) is 67.8 cm³/mol. The van der Waals surface area contributed by atoms with Crippen LogP contribution in [-0.4, -0.2) is 26.3 Å². The van der Waals surface area contributed by atoms with Crippen molar-refractivity contribution >= 4 is 17.5 Å². The summed E-state index contributed by atoms with van der Waals surface area (Å²) in [5.41, 5.74) is 1.03. The van der Waals surface area contributed by atoms with Gasteiger partial charge >= 0.3 is 0 Å². The number of carbonyl (C=O) groups excluding carboxylic acids is 1. The fraction of sp³-hybridized carbons (Fsp3) is 0.250. The number of aromatic nitrogens is 3. The average molecular weight is 247 g/mol. The van der Waals surface area contributed by atoms with Crippen LogP contribution >= 0.6 is 11.8 Å². The summed E-state index contributed by atoms with van der Waals surface area (Å²) in [7, 11) is 1.91. The van der Waals surface area contributed by atoms with Crippen LogP contribution in [0.15, 0.2) is 35.5 Å². The van der Waals surface area contributed by atoms with E-state index < -0.39 is 0 Å². The van der Waals surface area contributed by atoms with Crippen LogP contribution in [0.2, 0.25) is 0 Å². The number of nitrogens with zero attached hydrogens (tertiary/aromatic N) is 3. The Bertz CT molecular complexity index is 522. The molecule has 1 heterocycles. The Morgan fingerprint density at radius 2 is 2.00 bits per heavy atom. The second kappa shape index (κ2) is 5.14. The number of hydrogen-bond donors (Lipinski definition) is 0. The third-order valence-electron chi connectivity index (χ3n) is 2.27. The molecule has 0 saturated carbocycles. The number of carbonyl (C=O) groups is 1. The minimum Gasteiger partial charge on any atom is -0.305 e. The van der Waals surface area contributed by atoms with Gasteiger partial charge in [-0.25, -0.2) is 0 Å². The van der Waals surface area contributed by atoms with E-state index in [2.05, 4.69) is 10.2 Å². The number of hydrogen-bond acceptors (Lipinski definition) is 4. The molecular weight excluding hydrogens is 234 g/mol. The predicted octanol–water partition coefficient (Wildman–Crippen LogP) is 2.16. The van der Waals surface area contributed by atoms with Gasteiger partial charge in [-0.05, 0) is 6.92 Å². The third kappa shape index (κ3) is 2.74. The molecule has 0 spiro atoms. The number of ketones is 1. The van der Waals surface area contributed by atoms with Crippen molar-refractivity contribution in [1.29, 1.82) is 0 Å². The zero-order chi connectivity index (χ0) is 12.3. The molecule has 0 N–H and O–H groups in total. The highest BCUT2D eigenvalue weighted by Crippen LogP contribution is 2.22. The van der Waals surface area contributed by atoms with Gasteiger partial charge in [0.2, 0.25) is 0 Å². The lowest BCUT2D eigenvalue weighted by Crippen LogP contribution is -1.98. The lowest BCUT2D eigenvalue weighted by Gasteiger charge is -2.02. The standard InChI is InChI=1S/C12H13N3OS/c1-9(16)8-17-12-14-13-11(15(12)2)10-6-4-3-5-7-10/h3-7H,8H2,1-2H3. The largest absolute Gasteiger partial charge is 0.305 e. The van der Waals surface area contributed by atoms with Gasteiger partial charge in [0.1, 0.15) is 5.78 Å². The fourth-order valence-electron chi connectivity index (χ4n) is 1.45. The molecule has 0 aliphatic heterocycles. The number of Topliss-reactive ketones (excluding diaryl/α,β-unsaturated/α-hetero) is 1. The van der Waals surface area contributed by atoms with Crippen molar-refractivity contribution in [1.82, 2.24) is 14.8 Å². The minimum atomic E-state index is 0.138. The Balaban J connectivity index is 2.24. The molecule has 0 bridgehead atoms. The highest BCUT2D eigenvalue weighted by atomic mass is 32.2. The van der Waals surface area contributed by atoms with Crippen molar-refractivity contribution in [2.24, 2.45) is 7.05 Å². The highest BCUT2D eigenvalue weighted by molar-refractivity contribution is 7.99. The normalized spacial score (nSPS) is 10.5. The number of benzene rings is 1. The zero-order valence-electron chi connectivity index (χ0n) is 9.75. The summed E-state index contributed by atoms with van der Waals surface area (Å²) in [5, 5.41) is 9.00. The van der Waals surface area contributed by atoms with Crippen LogP contribution in [0, 0.1) is 0 Å². The molecule has 0 radical (unpaired) electrons. The third-order valence-corrected chi connectivity index (χ3v) is 3.44. The molecule has 5 heteroatoms. The molecule has 17 heavy (non-hydrogen) atoms. The van der Waals surface area contributed by atoms with Crippen LogP contribution in [-0.2, 0) is 11.8 Å². The van der Waals surface area contributed by atoms with Crippen LogP contribution < -0.4 is 0 Å². The molecule has 0 aliphatic carbocycles. The Morgan fingerprint density at radius 3 is 2.65 bits per heavy atom. The topological polar surface area (TPSA) is 47.8 Å². The van der Waals surface area contributed by atoms with E-state index in [9.17, 15) is 4.79 Å². The highest BCUT2D eigenvalue weighted by Gasteiger charge is 2.11. The van der Waals surface area contributed by atoms with Crippen molar-refractivity contribution in [3.8, 4) is 11.4 Å². The molecule has 0 amide bonds. The number of rotatable bonds is 4. The Morgan fingerprint density at radius 1 is 1.29 bits per heavy atom. The summed E-state index contributed by atoms with van der Waals surface area (Å²) in [6.45, 7) is 1.57. The molecule has 2 aromatic rings. The summed E-state index contributed by atoms with van der Waals surface area (Å²) in [5.74, 6) is 1.39. The van der Waals surface area contributed by atoms with E-state index in [-0.39, 0.29) is 5.78 Å². The quantitative estimate of drug-likeness (QED) is 0.777. The van der Waals surface area contributed by atoms with Gasteiger partial charge in [0.05, 0.1) is 5.75 Å². The van der Waals surface area contributed by atoms with Crippen molar-refractivity contribution in [3.63, 3.8) is 0 Å². The van der Waals surface area contributed by atoms with E-state index in [4.69, 9.17) is 0 Å². The monoisotopic (exact) mass is 247 g/mol. The van der Waals surface area contributed by atoms with Crippen LogP contribution in [0.1, 0.15) is 6.92 Å². The molecule has 88 valence electrons. The summed E-state index contributed by atoms with van der Waals surface area (Å²) in [4.78, 5) is 10.9. The lowest BCUT2D eigenvalue weighted by molar-refractivity contribution is -0.114. The summed E-state index contributed by atoms with van der Waals surface area (Å²) >= 11 is 1.41. The van der Waals surface area contributed by atoms with Gasteiger partial charge in [-0.15, -0.1) is 10.2 Å². The maximum atomic E-state index is 10.9. The van der Waals surface area contributed by atoms with E-state index in [1.807, 2.05) is 41.9 Å². The Hall–Kier alpha value is -1.62. The molecule has 1 aromatic heterocycles. The van der Waals surface area contributed by atoms with E-state index in [0.29, 0.717) is 5.75 Å². The minimum absolute atomic E-state index is 0.138. The molecular formula is C12H13N3OS. The average Bonchev–Trinajstić information content (AvgIpc) is 2.69. The molecule has 0 atom stereocenters. The van der Waals surface area contributed by atoms with E-state index in [0.717, 1.165) is 16.5 Å². The van der Waals surface area contributed by atoms with Gasteiger partial charge in [-0.1, -0.05) is 42.1 Å². The molecule has 0 fully saturated rings. The van der Waals surface area contributed by atoms with Gasteiger partial charge in [-0.3, -0.25) is 4.79 Å². The van der Waals surface area contributed by atoms with Gasteiger partial charge in [0.15, 0.2) is 11.0 Å². The molecule has 2 rings (SSSR count). The lowest BCUT2D eigenvalue weighted by atomic mass is 10.2. The van der Waals surface area contributed by atoms with Gasteiger partial charge in [0, 0.05) is 12.6 Å². The first-order valence-electron chi connectivity index (χ1n) is 5.25. The second-order valence-electron chi connectivity index (χ2n) is 3.72. The Labute approximate surface area is 104 Å². The smallest absolute Gasteiger partial charge is 0.191 e. The van der Waals surface area contributed by atoms with Crippen molar-refractivity contribution in [3.05, 3.63) is 30.3 Å². The van der Waals surface area contributed by atoms with Crippen molar-refractivity contribution in [2.45, 2.75) is 12.1 Å². The summed E-state index contributed by atoms with van der Waals surface area (Å²) < 4.78 is 1.91. The maximum absolute atomic E-state index is 10.9. The molecule has 0 unspecified atom stereocenters. The van der Waals surface area contributed by atoms with Crippen LogP contribution in [0.4, 0.5) is 0 Å². The first kappa shape index (κ1) is 11.9. The van der Waals surface area contributed by atoms with E-state index in [1.54, 1.807) is 6.92 Å². The second-order valence-corrected chi connectivity index (χ2v) is 4.66. The first-order valence-corrected chi connectivity index (χ1v) is 6.24. The fourth-order valence-corrected chi connectivity index (χ4v) is 2.16.